The van der Waals surface area contributed by atoms with Crippen molar-refractivity contribution in [2.24, 2.45) is 23.7 Å². The first-order valence-corrected chi connectivity index (χ1v) is 8.54. The Bertz CT molecular complexity index is 171. The van der Waals surface area contributed by atoms with Gasteiger partial charge in [0.1, 0.15) is 0 Å². The Labute approximate surface area is 117 Å². The molecule has 0 heteroatoms. The number of rotatable bonds is 11. The zero-order valence-corrected chi connectivity index (χ0v) is 14.0. The molecule has 0 rings (SSSR count). The second-order valence-electron chi connectivity index (χ2n) is 6.82. The molecule has 3 unspecified atom stereocenters. The largest absolute Gasteiger partial charge is 0.0654 e. The minimum atomic E-state index is 0.863. The highest BCUT2D eigenvalue weighted by atomic mass is 14.3. The van der Waals surface area contributed by atoms with Gasteiger partial charge in [0.2, 0.25) is 0 Å². The molecule has 0 bridgehead atoms. The highest BCUT2D eigenvalue weighted by Crippen LogP contribution is 2.32. The number of hydrogen-bond donors (Lipinski definition) is 0. The van der Waals surface area contributed by atoms with E-state index in [1.807, 2.05) is 0 Å². The van der Waals surface area contributed by atoms with Crippen LogP contribution in [0.1, 0.15) is 92.9 Å². The van der Waals surface area contributed by atoms with Crippen LogP contribution in [0.5, 0.6) is 0 Å². The van der Waals surface area contributed by atoms with Gasteiger partial charge in [-0.3, -0.25) is 0 Å². The molecule has 3 atom stereocenters. The molecule has 0 amide bonds. The van der Waals surface area contributed by atoms with Crippen molar-refractivity contribution < 1.29 is 0 Å². The third kappa shape index (κ3) is 8.16. The van der Waals surface area contributed by atoms with Gasteiger partial charge in [-0.15, -0.1) is 0 Å². The molecule has 0 spiro atoms. The predicted octanol–water partition coefficient (Wildman–Crippen LogP) is 6.69. The van der Waals surface area contributed by atoms with Gasteiger partial charge in [0.05, 0.1) is 0 Å². The van der Waals surface area contributed by atoms with Gasteiger partial charge in [-0.2, -0.15) is 0 Å². The third-order valence-electron chi connectivity index (χ3n) is 4.44. The molecule has 0 saturated carbocycles. The van der Waals surface area contributed by atoms with Crippen molar-refractivity contribution in [2.75, 3.05) is 0 Å². The van der Waals surface area contributed by atoms with Crippen LogP contribution in [0.3, 0.4) is 0 Å². The van der Waals surface area contributed by atoms with Gasteiger partial charge >= 0.3 is 0 Å². The first kappa shape index (κ1) is 18.0. The van der Waals surface area contributed by atoms with E-state index in [1.54, 1.807) is 0 Å². The lowest BCUT2D eigenvalue weighted by atomic mass is 9.77. The van der Waals surface area contributed by atoms with Crippen LogP contribution in [0.25, 0.3) is 0 Å². The first-order valence-electron chi connectivity index (χ1n) is 8.54. The summed E-state index contributed by atoms with van der Waals surface area (Å²) in [5.41, 5.74) is 0. The summed E-state index contributed by atoms with van der Waals surface area (Å²) in [6.45, 7) is 14.3. The van der Waals surface area contributed by atoms with E-state index in [-0.39, 0.29) is 0 Å². The van der Waals surface area contributed by atoms with E-state index in [1.165, 1.54) is 51.4 Å². The topological polar surface area (TPSA) is 0 Å². The second-order valence-corrected chi connectivity index (χ2v) is 6.82. The fourth-order valence-corrected chi connectivity index (χ4v) is 3.42. The summed E-state index contributed by atoms with van der Waals surface area (Å²) in [5.74, 6) is 3.76. The molecule has 0 radical (unpaired) electrons. The molecule has 0 aromatic rings. The molecule has 0 nitrogen and oxygen atoms in total. The lowest BCUT2D eigenvalue weighted by Crippen LogP contribution is -2.17. The van der Waals surface area contributed by atoms with Crippen LogP contribution in [-0.4, -0.2) is 0 Å². The van der Waals surface area contributed by atoms with Gasteiger partial charge in [0.15, 0.2) is 0 Å². The van der Waals surface area contributed by atoms with E-state index in [2.05, 4.69) is 41.5 Å². The summed E-state index contributed by atoms with van der Waals surface area (Å²) < 4.78 is 0. The molecule has 0 heterocycles. The summed E-state index contributed by atoms with van der Waals surface area (Å²) >= 11 is 0. The average molecular weight is 255 g/mol. The summed E-state index contributed by atoms with van der Waals surface area (Å²) in [6, 6.07) is 0. The Morgan fingerprint density at radius 1 is 0.667 bits per heavy atom. The van der Waals surface area contributed by atoms with E-state index >= 15 is 0 Å². The predicted molar refractivity (Wildman–Crippen MR) is 84.9 cm³/mol. The van der Waals surface area contributed by atoms with Crippen molar-refractivity contribution >= 4 is 0 Å². The molecule has 0 aromatic carbocycles. The van der Waals surface area contributed by atoms with Crippen molar-refractivity contribution in [3.63, 3.8) is 0 Å². The van der Waals surface area contributed by atoms with Gasteiger partial charge in [-0.25, -0.2) is 0 Å². The van der Waals surface area contributed by atoms with E-state index in [0.29, 0.717) is 0 Å². The molecular formula is C18H38. The second kappa shape index (κ2) is 10.9. The van der Waals surface area contributed by atoms with E-state index < -0.39 is 0 Å². The molecular weight excluding hydrogens is 216 g/mol. The van der Waals surface area contributed by atoms with Crippen molar-refractivity contribution in [3.05, 3.63) is 0 Å². The van der Waals surface area contributed by atoms with Gasteiger partial charge in [-0.05, 0) is 36.5 Å². The zero-order chi connectivity index (χ0) is 14.0. The highest BCUT2D eigenvalue weighted by Gasteiger charge is 2.20. The number of hydrogen-bond acceptors (Lipinski definition) is 0. The lowest BCUT2D eigenvalue weighted by Gasteiger charge is -2.28. The Hall–Kier alpha value is 0. The van der Waals surface area contributed by atoms with Gasteiger partial charge in [0.25, 0.3) is 0 Å². The van der Waals surface area contributed by atoms with Gasteiger partial charge in [-0.1, -0.05) is 80.1 Å². The first-order chi connectivity index (χ1) is 8.54. The third-order valence-corrected chi connectivity index (χ3v) is 4.44. The van der Waals surface area contributed by atoms with Gasteiger partial charge < -0.3 is 0 Å². The average Bonchev–Trinajstić information content (AvgIpc) is 2.32. The Morgan fingerprint density at radius 2 is 1.28 bits per heavy atom. The monoisotopic (exact) mass is 254 g/mol. The molecule has 110 valence electrons. The van der Waals surface area contributed by atoms with E-state index in [9.17, 15) is 0 Å². The molecule has 0 fully saturated rings. The summed E-state index contributed by atoms with van der Waals surface area (Å²) in [7, 11) is 0. The molecule has 0 aliphatic heterocycles. The lowest BCUT2D eigenvalue weighted by molar-refractivity contribution is 0.228. The SMILES string of the molecule is CCCC(C)CCC(CCC)C(CC)CC(C)C. The summed E-state index contributed by atoms with van der Waals surface area (Å²) in [4.78, 5) is 0. The van der Waals surface area contributed by atoms with Crippen LogP contribution in [0.2, 0.25) is 0 Å². The Balaban J connectivity index is 4.24. The van der Waals surface area contributed by atoms with Gasteiger partial charge in [0, 0.05) is 0 Å². The van der Waals surface area contributed by atoms with Crippen LogP contribution < -0.4 is 0 Å². The standard InChI is InChI=1S/C18H38/c1-7-10-16(6)12-13-18(11-8-2)17(9-3)14-15(4)5/h15-18H,7-14H2,1-6H3. The van der Waals surface area contributed by atoms with E-state index in [4.69, 9.17) is 0 Å². The van der Waals surface area contributed by atoms with Crippen molar-refractivity contribution in [2.45, 2.75) is 92.9 Å². The van der Waals surface area contributed by atoms with Crippen LogP contribution >= 0.6 is 0 Å². The van der Waals surface area contributed by atoms with Crippen molar-refractivity contribution in [3.8, 4) is 0 Å². The minimum Gasteiger partial charge on any atom is -0.0654 e. The minimum absolute atomic E-state index is 0.863. The molecule has 18 heavy (non-hydrogen) atoms. The summed E-state index contributed by atoms with van der Waals surface area (Å²) in [5, 5.41) is 0. The molecule has 0 saturated heterocycles. The Morgan fingerprint density at radius 3 is 1.72 bits per heavy atom. The summed E-state index contributed by atoms with van der Waals surface area (Å²) in [6.07, 6.45) is 11.3. The maximum atomic E-state index is 2.44. The zero-order valence-electron chi connectivity index (χ0n) is 14.0. The maximum absolute atomic E-state index is 2.44. The van der Waals surface area contributed by atoms with Crippen LogP contribution in [-0.2, 0) is 0 Å². The maximum Gasteiger partial charge on any atom is -0.0386 e. The van der Waals surface area contributed by atoms with Crippen LogP contribution in [0.4, 0.5) is 0 Å². The molecule has 0 N–H and O–H groups in total. The normalized spacial score (nSPS) is 16.8. The molecule has 0 aromatic heterocycles. The molecule has 0 aliphatic rings. The highest BCUT2D eigenvalue weighted by molar-refractivity contribution is 4.72. The smallest absolute Gasteiger partial charge is 0.0386 e. The van der Waals surface area contributed by atoms with Crippen LogP contribution in [0, 0.1) is 23.7 Å². The van der Waals surface area contributed by atoms with Crippen LogP contribution in [0.15, 0.2) is 0 Å². The van der Waals surface area contributed by atoms with E-state index in [0.717, 1.165) is 23.7 Å². The molecule has 0 aliphatic carbocycles. The quantitative estimate of drug-likeness (QED) is 0.385. The Kier molecular flexibility index (Phi) is 10.9. The fourth-order valence-electron chi connectivity index (χ4n) is 3.42. The fraction of sp³-hybridized carbons (Fsp3) is 1.00. The van der Waals surface area contributed by atoms with Crippen molar-refractivity contribution in [1.29, 1.82) is 0 Å². The van der Waals surface area contributed by atoms with Crippen molar-refractivity contribution in [1.82, 2.24) is 0 Å².